The molecular formula is C17H28Cl2N2O4. The van der Waals surface area contributed by atoms with Gasteiger partial charge in [-0.2, -0.15) is 0 Å². The van der Waals surface area contributed by atoms with E-state index in [2.05, 4.69) is 16.8 Å². The zero-order valence-corrected chi connectivity index (χ0v) is 16.1. The van der Waals surface area contributed by atoms with Gasteiger partial charge in [-0.25, -0.2) is 0 Å². The minimum atomic E-state index is -0.463. The molecule has 8 heteroatoms. The summed E-state index contributed by atoms with van der Waals surface area (Å²) >= 11 is 0. The van der Waals surface area contributed by atoms with Crippen LogP contribution in [-0.2, 0) is 4.74 Å². The minimum Gasteiger partial charge on any atom is -0.486 e. The molecule has 2 aliphatic heterocycles. The van der Waals surface area contributed by atoms with Crippen LogP contribution >= 0.6 is 24.8 Å². The van der Waals surface area contributed by atoms with E-state index in [0.29, 0.717) is 26.4 Å². The summed E-state index contributed by atoms with van der Waals surface area (Å²) < 4.78 is 17.1. The van der Waals surface area contributed by atoms with Crippen LogP contribution in [-0.4, -0.2) is 86.7 Å². The Kier molecular flexibility index (Phi) is 9.86. The molecule has 3 rings (SSSR count). The van der Waals surface area contributed by atoms with Crippen LogP contribution in [0.5, 0.6) is 11.5 Å². The SMILES string of the molecule is CN1CCN(CC(O)COCC2COc3ccccc3O2)CC1.Cl.Cl. The van der Waals surface area contributed by atoms with Crippen molar-refractivity contribution < 1.29 is 19.3 Å². The lowest BCUT2D eigenvalue weighted by molar-refractivity contribution is -0.0315. The topological polar surface area (TPSA) is 54.4 Å². The largest absolute Gasteiger partial charge is 0.486 e. The van der Waals surface area contributed by atoms with E-state index in [4.69, 9.17) is 14.2 Å². The second-order valence-corrected chi connectivity index (χ2v) is 6.29. The Labute approximate surface area is 161 Å². The summed E-state index contributed by atoms with van der Waals surface area (Å²) in [4.78, 5) is 4.59. The third kappa shape index (κ3) is 6.81. The van der Waals surface area contributed by atoms with Crippen LogP contribution in [0.4, 0.5) is 0 Å². The van der Waals surface area contributed by atoms with Gasteiger partial charge in [-0.3, -0.25) is 4.90 Å². The third-order valence-electron chi connectivity index (χ3n) is 4.25. The molecule has 1 fully saturated rings. The van der Waals surface area contributed by atoms with E-state index >= 15 is 0 Å². The molecule has 0 amide bonds. The van der Waals surface area contributed by atoms with Crippen LogP contribution in [0.2, 0.25) is 0 Å². The normalized spacial score (nSPS) is 21.8. The quantitative estimate of drug-likeness (QED) is 0.784. The van der Waals surface area contributed by atoms with Gasteiger partial charge in [-0.05, 0) is 19.2 Å². The van der Waals surface area contributed by atoms with Gasteiger partial charge < -0.3 is 24.2 Å². The van der Waals surface area contributed by atoms with E-state index in [9.17, 15) is 5.11 Å². The Morgan fingerprint density at radius 2 is 1.84 bits per heavy atom. The number of aliphatic hydroxyl groups is 1. The number of nitrogens with zero attached hydrogens (tertiary/aromatic N) is 2. The number of hydrogen-bond acceptors (Lipinski definition) is 6. The van der Waals surface area contributed by atoms with Crippen LogP contribution in [0.15, 0.2) is 24.3 Å². The summed E-state index contributed by atoms with van der Waals surface area (Å²) in [5.74, 6) is 1.53. The first-order chi connectivity index (χ1) is 11.2. The van der Waals surface area contributed by atoms with Crippen LogP contribution in [0.25, 0.3) is 0 Å². The molecule has 2 atom stereocenters. The second kappa shape index (κ2) is 11.1. The zero-order valence-electron chi connectivity index (χ0n) is 14.5. The zero-order chi connectivity index (χ0) is 16.1. The van der Waals surface area contributed by atoms with Crippen molar-refractivity contribution in [1.29, 1.82) is 0 Å². The van der Waals surface area contributed by atoms with Crippen LogP contribution in [0.1, 0.15) is 0 Å². The molecule has 0 saturated carbocycles. The lowest BCUT2D eigenvalue weighted by Gasteiger charge is -2.33. The van der Waals surface area contributed by atoms with Crippen molar-refractivity contribution in [3.8, 4) is 11.5 Å². The number of fused-ring (bicyclic) bond motifs is 1. The van der Waals surface area contributed by atoms with Gasteiger partial charge in [0.05, 0.1) is 19.3 Å². The molecule has 1 saturated heterocycles. The Bertz CT molecular complexity index is 501. The Balaban J connectivity index is 0.00000156. The van der Waals surface area contributed by atoms with Crippen molar-refractivity contribution in [1.82, 2.24) is 9.80 Å². The number of β-amino-alcohol motifs (C(OH)–C–C–N with tert-alkyl or cyclic N) is 1. The number of hydrogen-bond donors (Lipinski definition) is 1. The molecule has 0 spiro atoms. The van der Waals surface area contributed by atoms with Crippen molar-refractivity contribution >= 4 is 24.8 Å². The summed E-state index contributed by atoms with van der Waals surface area (Å²) in [5.41, 5.74) is 0. The summed E-state index contributed by atoms with van der Waals surface area (Å²) in [7, 11) is 2.13. The molecule has 1 N–H and O–H groups in total. The van der Waals surface area contributed by atoms with Crippen molar-refractivity contribution in [2.75, 3.05) is 59.6 Å². The maximum absolute atomic E-state index is 10.1. The Morgan fingerprint density at radius 1 is 1.16 bits per heavy atom. The average Bonchev–Trinajstić information content (AvgIpc) is 2.57. The third-order valence-corrected chi connectivity index (χ3v) is 4.25. The smallest absolute Gasteiger partial charge is 0.161 e. The van der Waals surface area contributed by atoms with Crippen molar-refractivity contribution in [2.24, 2.45) is 0 Å². The highest BCUT2D eigenvalue weighted by Crippen LogP contribution is 2.30. The molecule has 0 aromatic heterocycles. The fourth-order valence-electron chi connectivity index (χ4n) is 2.86. The van der Waals surface area contributed by atoms with E-state index in [1.807, 2.05) is 24.3 Å². The monoisotopic (exact) mass is 394 g/mol. The van der Waals surface area contributed by atoms with E-state index in [1.165, 1.54) is 0 Å². The molecule has 0 aliphatic carbocycles. The van der Waals surface area contributed by atoms with Crippen molar-refractivity contribution in [3.05, 3.63) is 24.3 Å². The summed E-state index contributed by atoms with van der Waals surface area (Å²) in [6.07, 6.45) is -0.587. The van der Waals surface area contributed by atoms with Crippen LogP contribution < -0.4 is 9.47 Å². The van der Waals surface area contributed by atoms with Gasteiger partial charge >= 0.3 is 0 Å². The van der Waals surface area contributed by atoms with E-state index in [1.54, 1.807) is 0 Å². The highest BCUT2D eigenvalue weighted by Gasteiger charge is 2.22. The molecule has 2 aliphatic rings. The highest BCUT2D eigenvalue weighted by molar-refractivity contribution is 5.85. The van der Waals surface area contributed by atoms with Gasteiger partial charge in [-0.1, -0.05) is 12.1 Å². The minimum absolute atomic E-state index is 0. The predicted molar refractivity (Wildman–Crippen MR) is 102 cm³/mol. The Morgan fingerprint density at radius 3 is 2.56 bits per heavy atom. The van der Waals surface area contributed by atoms with E-state index in [-0.39, 0.29) is 30.9 Å². The molecule has 6 nitrogen and oxygen atoms in total. The van der Waals surface area contributed by atoms with Gasteiger partial charge in [0, 0.05) is 32.7 Å². The second-order valence-electron chi connectivity index (χ2n) is 6.29. The number of aliphatic hydroxyl groups excluding tert-OH is 1. The molecule has 0 radical (unpaired) electrons. The summed E-state index contributed by atoms with van der Waals surface area (Å²) in [5, 5.41) is 10.1. The summed E-state index contributed by atoms with van der Waals surface area (Å²) in [6.45, 7) is 6.01. The van der Waals surface area contributed by atoms with Crippen molar-refractivity contribution in [3.63, 3.8) is 0 Å². The van der Waals surface area contributed by atoms with Gasteiger partial charge in [-0.15, -0.1) is 24.8 Å². The van der Waals surface area contributed by atoms with Crippen LogP contribution in [0.3, 0.4) is 0 Å². The standard InChI is InChI=1S/C17H26N2O4.2ClH/c1-18-6-8-19(9-7-18)10-14(20)11-21-12-15-13-22-16-4-2-3-5-17(16)23-15;;/h2-5,14-15,20H,6-13H2,1H3;2*1H. The van der Waals surface area contributed by atoms with Crippen LogP contribution in [0, 0.1) is 0 Å². The first-order valence-electron chi connectivity index (χ1n) is 8.26. The fourth-order valence-corrected chi connectivity index (χ4v) is 2.86. The predicted octanol–water partition coefficient (Wildman–Crippen LogP) is 1.29. The molecule has 1 aromatic carbocycles. The molecule has 2 unspecified atom stereocenters. The maximum Gasteiger partial charge on any atom is 0.161 e. The number of halogens is 2. The van der Waals surface area contributed by atoms with Gasteiger partial charge in [0.15, 0.2) is 17.6 Å². The first-order valence-corrected chi connectivity index (χ1v) is 8.26. The number of rotatable bonds is 6. The molecule has 1 aromatic rings. The van der Waals surface area contributed by atoms with Crippen molar-refractivity contribution in [2.45, 2.75) is 12.2 Å². The van der Waals surface area contributed by atoms with E-state index < -0.39 is 6.10 Å². The number of para-hydroxylation sites is 2. The lowest BCUT2D eigenvalue weighted by Crippen LogP contribution is -2.47. The average molecular weight is 395 g/mol. The Hall–Kier alpha value is -0.760. The highest BCUT2D eigenvalue weighted by atomic mass is 35.5. The summed E-state index contributed by atoms with van der Waals surface area (Å²) in [6, 6.07) is 7.63. The van der Waals surface area contributed by atoms with Gasteiger partial charge in [0.1, 0.15) is 6.61 Å². The lowest BCUT2D eigenvalue weighted by atomic mass is 10.2. The fraction of sp³-hybridized carbons (Fsp3) is 0.647. The van der Waals surface area contributed by atoms with Gasteiger partial charge in [0.25, 0.3) is 0 Å². The molecule has 0 bridgehead atoms. The number of benzene rings is 1. The molecule has 25 heavy (non-hydrogen) atoms. The number of piperazine rings is 1. The molecular weight excluding hydrogens is 367 g/mol. The van der Waals surface area contributed by atoms with E-state index in [0.717, 1.165) is 37.7 Å². The number of likely N-dealkylation sites (N-methyl/N-ethyl adjacent to an activating group) is 1. The molecule has 144 valence electrons. The first kappa shape index (κ1) is 22.3. The molecule has 2 heterocycles. The number of ether oxygens (including phenoxy) is 3. The maximum atomic E-state index is 10.1. The van der Waals surface area contributed by atoms with Gasteiger partial charge in [0.2, 0.25) is 0 Å².